The Morgan fingerprint density at radius 1 is 1.41 bits per heavy atom. The van der Waals surface area contributed by atoms with Crippen molar-refractivity contribution in [1.29, 1.82) is 0 Å². The average Bonchev–Trinajstić information content (AvgIpc) is 2.85. The Hall–Kier alpha value is -1.38. The summed E-state index contributed by atoms with van der Waals surface area (Å²) in [6, 6.07) is 0. The highest BCUT2D eigenvalue weighted by Crippen LogP contribution is 2.59. The smallest absolute Gasteiger partial charge is 0.309 e. The van der Waals surface area contributed by atoms with Crippen molar-refractivity contribution in [1.82, 2.24) is 0 Å². The van der Waals surface area contributed by atoms with E-state index in [0.29, 0.717) is 5.57 Å². The Bertz CT molecular complexity index is 364. The van der Waals surface area contributed by atoms with E-state index in [2.05, 4.69) is 0 Å². The minimum Gasteiger partial charge on any atom is -0.469 e. The van der Waals surface area contributed by atoms with Crippen LogP contribution in [0.4, 0.5) is 0 Å². The Labute approximate surface area is 103 Å². The molecular weight excluding hydrogens is 216 g/mol. The van der Waals surface area contributed by atoms with Crippen molar-refractivity contribution < 1.29 is 14.3 Å². The van der Waals surface area contributed by atoms with Gasteiger partial charge in [0.15, 0.2) is 0 Å². The van der Waals surface area contributed by atoms with E-state index in [1.165, 1.54) is 7.11 Å². The molecule has 0 aliphatic heterocycles. The zero-order chi connectivity index (χ0) is 13.1. The van der Waals surface area contributed by atoms with Gasteiger partial charge < -0.3 is 4.74 Å². The molecule has 0 heterocycles. The number of carbonyl (C=O) groups is 2. The number of allylic oxidation sites excluding steroid dienone is 4. The van der Waals surface area contributed by atoms with Gasteiger partial charge in [0.05, 0.1) is 13.0 Å². The maximum absolute atomic E-state index is 11.5. The molecule has 3 heteroatoms. The normalized spacial score (nSPS) is 26.9. The molecule has 0 aromatic heterocycles. The molecule has 3 nitrogen and oxygen atoms in total. The highest BCUT2D eigenvalue weighted by Gasteiger charge is 2.61. The first-order valence-corrected chi connectivity index (χ1v) is 5.90. The molecule has 1 rings (SSSR count). The number of ether oxygens (including phenoxy) is 1. The van der Waals surface area contributed by atoms with Crippen LogP contribution in [0.3, 0.4) is 0 Å². The number of esters is 1. The molecule has 0 bridgehead atoms. The zero-order valence-corrected chi connectivity index (χ0v) is 10.9. The van der Waals surface area contributed by atoms with Crippen molar-refractivity contribution in [3.05, 3.63) is 23.8 Å². The van der Waals surface area contributed by atoms with Crippen LogP contribution in [0.15, 0.2) is 23.8 Å². The molecular formula is C14H20O3. The fraction of sp³-hybridized carbons (Fsp3) is 0.571. The molecule has 2 unspecified atom stereocenters. The average molecular weight is 236 g/mol. The summed E-state index contributed by atoms with van der Waals surface area (Å²) in [5.74, 6) is -0.227. The lowest BCUT2D eigenvalue weighted by molar-refractivity contribution is -0.143. The first-order chi connectivity index (χ1) is 7.98. The Balaban J connectivity index is 2.81. The molecule has 0 N–H and O–H groups in total. The van der Waals surface area contributed by atoms with Gasteiger partial charge in [0, 0.05) is 5.57 Å². The molecule has 0 spiro atoms. The fourth-order valence-corrected chi connectivity index (χ4v) is 2.16. The summed E-state index contributed by atoms with van der Waals surface area (Å²) in [4.78, 5) is 22.4. The van der Waals surface area contributed by atoms with Crippen LogP contribution in [0, 0.1) is 17.3 Å². The van der Waals surface area contributed by atoms with Crippen molar-refractivity contribution in [2.24, 2.45) is 17.3 Å². The maximum atomic E-state index is 11.5. The van der Waals surface area contributed by atoms with E-state index in [9.17, 15) is 9.59 Å². The van der Waals surface area contributed by atoms with Gasteiger partial charge in [0.25, 0.3) is 0 Å². The quantitative estimate of drug-likeness (QED) is 0.319. The molecule has 1 aliphatic rings. The van der Waals surface area contributed by atoms with Crippen LogP contribution >= 0.6 is 0 Å². The van der Waals surface area contributed by atoms with Crippen LogP contribution < -0.4 is 0 Å². The molecule has 17 heavy (non-hydrogen) atoms. The Morgan fingerprint density at radius 2 is 2.06 bits per heavy atom. The van der Waals surface area contributed by atoms with Gasteiger partial charge in [0.2, 0.25) is 0 Å². The van der Waals surface area contributed by atoms with E-state index in [1.54, 1.807) is 6.08 Å². The zero-order valence-electron chi connectivity index (χ0n) is 10.9. The number of hydrogen-bond donors (Lipinski definition) is 0. The van der Waals surface area contributed by atoms with E-state index in [-0.39, 0.29) is 23.2 Å². The summed E-state index contributed by atoms with van der Waals surface area (Å²) >= 11 is 0. The lowest BCUT2D eigenvalue weighted by Gasteiger charge is -1.99. The van der Waals surface area contributed by atoms with Gasteiger partial charge in [-0.3, -0.25) is 9.59 Å². The summed E-state index contributed by atoms with van der Waals surface area (Å²) in [6.07, 6.45) is 7.33. The summed E-state index contributed by atoms with van der Waals surface area (Å²) in [7, 11) is 1.40. The van der Waals surface area contributed by atoms with Crippen LogP contribution in [-0.2, 0) is 14.3 Å². The molecule has 0 amide bonds. The van der Waals surface area contributed by atoms with E-state index < -0.39 is 0 Å². The van der Waals surface area contributed by atoms with Crippen LogP contribution in [0.2, 0.25) is 0 Å². The van der Waals surface area contributed by atoms with E-state index in [4.69, 9.17) is 4.74 Å². The van der Waals surface area contributed by atoms with E-state index >= 15 is 0 Å². The summed E-state index contributed by atoms with van der Waals surface area (Å²) in [5, 5.41) is 0. The van der Waals surface area contributed by atoms with Gasteiger partial charge in [0.1, 0.15) is 6.29 Å². The molecule has 0 radical (unpaired) electrons. The third-order valence-electron chi connectivity index (χ3n) is 3.42. The minimum absolute atomic E-state index is 0.0941. The van der Waals surface area contributed by atoms with Crippen molar-refractivity contribution in [3.63, 3.8) is 0 Å². The summed E-state index contributed by atoms with van der Waals surface area (Å²) < 4.78 is 4.76. The molecule has 0 aromatic carbocycles. The van der Waals surface area contributed by atoms with E-state index in [1.807, 2.05) is 32.9 Å². The van der Waals surface area contributed by atoms with Crippen molar-refractivity contribution in [2.45, 2.75) is 27.2 Å². The van der Waals surface area contributed by atoms with Gasteiger partial charge in [-0.2, -0.15) is 0 Å². The maximum Gasteiger partial charge on any atom is 0.309 e. The minimum atomic E-state index is -0.194. The van der Waals surface area contributed by atoms with Crippen LogP contribution in [0.5, 0.6) is 0 Å². The number of hydrogen-bond acceptors (Lipinski definition) is 3. The van der Waals surface area contributed by atoms with Crippen molar-refractivity contribution in [2.75, 3.05) is 7.11 Å². The second-order valence-corrected chi connectivity index (χ2v) is 4.94. The number of rotatable bonds is 5. The van der Waals surface area contributed by atoms with Crippen LogP contribution in [-0.4, -0.2) is 19.4 Å². The van der Waals surface area contributed by atoms with Crippen LogP contribution in [0.25, 0.3) is 0 Å². The number of aldehydes is 1. The van der Waals surface area contributed by atoms with E-state index in [0.717, 1.165) is 12.7 Å². The second-order valence-electron chi connectivity index (χ2n) is 4.94. The third-order valence-corrected chi connectivity index (χ3v) is 3.42. The summed E-state index contributed by atoms with van der Waals surface area (Å²) in [5.41, 5.74) is 0.526. The Morgan fingerprint density at radius 3 is 2.53 bits per heavy atom. The predicted molar refractivity (Wildman–Crippen MR) is 66.4 cm³/mol. The van der Waals surface area contributed by atoms with Gasteiger partial charge >= 0.3 is 5.97 Å². The third kappa shape index (κ3) is 2.84. The number of methoxy groups -OCH3 is 1. The molecule has 1 saturated carbocycles. The van der Waals surface area contributed by atoms with Crippen LogP contribution in [0.1, 0.15) is 27.2 Å². The van der Waals surface area contributed by atoms with Gasteiger partial charge in [-0.15, -0.1) is 0 Å². The standard InChI is InChI=1S/C14H20O3/c1-5-6-7-10(9-15)8-11-12(13(16)17-4)14(11,2)3/h6-9,11-12H,5H2,1-4H3. The molecule has 1 fully saturated rings. The first kappa shape index (κ1) is 13.7. The lowest BCUT2D eigenvalue weighted by Crippen LogP contribution is -2.07. The lowest BCUT2D eigenvalue weighted by atomic mass is 10.1. The van der Waals surface area contributed by atoms with Gasteiger partial charge in [-0.25, -0.2) is 0 Å². The summed E-state index contributed by atoms with van der Waals surface area (Å²) in [6.45, 7) is 6.04. The molecule has 0 saturated heterocycles. The Kier molecular flexibility index (Phi) is 4.27. The second kappa shape index (κ2) is 5.30. The highest BCUT2D eigenvalue weighted by molar-refractivity contribution is 5.81. The molecule has 1 aliphatic carbocycles. The van der Waals surface area contributed by atoms with Gasteiger partial charge in [-0.1, -0.05) is 39.0 Å². The predicted octanol–water partition coefficient (Wildman–Crippen LogP) is 2.52. The molecule has 2 atom stereocenters. The molecule has 0 aromatic rings. The van der Waals surface area contributed by atoms with Crippen molar-refractivity contribution >= 4 is 12.3 Å². The largest absolute Gasteiger partial charge is 0.469 e. The number of carbonyl (C=O) groups excluding carboxylic acids is 2. The topological polar surface area (TPSA) is 43.4 Å². The van der Waals surface area contributed by atoms with Gasteiger partial charge in [-0.05, 0) is 17.8 Å². The fourth-order valence-electron chi connectivity index (χ4n) is 2.16. The monoisotopic (exact) mass is 236 g/mol. The SMILES string of the molecule is CCC=CC(C=O)=CC1C(C(=O)OC)C1(C)C. The molecule has 94 valence electrons. The first-order valence-electron chi connectivity index (χ1n) is 5.90. The highest BCUT2D eigenvalue weighted by atomic mass is 16.5. The van der Waals surface area contributed by atoms with Crippen molar-refractivity contribution in [3.8, 4) is 0 Å².